The molecule has 18 heavy (non-hydrogen) atoms. The van der Waals surface area contributed by atoms with Crippen molar-refractivity contribution in [3.05, 3.63) is 46.8 Å². The van der Waals surface area contributed by atoms with Crippen LogP contribution in [0.2, 0.25) is 0 Å². The summed E-state index contributed by atoms with van der Waals surface area (Å²) in [5, 5.41) is 4.79. The molecule has 2 amide bonds. The van der Waals surface area contributed by atoms with Crippen LogP contribution in [0.15, 0.2) is 35.7 Å². The summed E-state index contributed by atoms with van der Waals surface area (Å²) >= 11 is 1.25. The highest BCUT2D eigenvalue weighted by Crippen LogP contribution is 2.23. The lowest BCUT2D eigenvalue weighted by Gasteiger charge is -2.04. The maximum atomic E-state index is 11.9. The molecule has 1 heterocycles. The van der Waals surface area contributed by atoms with Gasteiger partial charge < -0.3 is 16.8 Å². The second-order valence-electron chi connectivity index (χ2n) is 3.60. The summed E-state index contributed by atoms with van der Waals surface area (Å²) < 4.78 is 0. The first-order chi connectivity index (χ1) is 8.58. The number of hydrogen-bond acceptors (Lipinski definition) is 4. The van der Waals surface area contributed by atoms with Crippen LogP contribution in [-0.2, 0) is 0 Å². The molecule has 0 spiro atoms. The Kier molecular flexibility index (Phi) is 3.29. The van der Waals surface area contributed by atoms with E-state index >= 15 is 0 Å². The standard InChI is InChI=1S/C12H11N3O2S/c13-8-3-1-7(2-4-8)11(17)15-12-9(10(14)16)5-6-18-12/h1-6H,13H2,(H2,14,16)(H,15,17). The fraction of sp³-hybridized carbons (Fsp3) is 0. The third-order valence-corrected chi connectivity index (χ3v) is 3.16. The van der Waals surface area contributed by atoms with E-state index in [9.17, 15) is 9.59 Å². The first-order valence-corrected chi connectivity index (χ1v) is 6.00. The number of nitrogens with one attached hydrogen (secondary N) is 1. The van der Waals surface area contributed by atoms with Crippen molar-refractivity contribution < 1.29 is 9.59 Å². The van der Waals surface area contributed by atoms with Crippen LogP contribution in [0.3, 0.4) is 0 Å². The molecule has 5 N–H and O–H groups in total. The minimum absolute atomic E-state index is 0.306. The molecule has 0 bridgehead atoms. The molecule has 0 saturated carbocycles. The molecule has 0 aliphatic rings. The van der Waals surface area contributed by atoms with Crippen molar-refractivity contribution in [2.45, 2.75) is 0 Å². The van der Waals surface area contributed by atoms with Gasteiger partial charge >= 0.3 is 0 Å². The van der Waals surface area contributed by atoms with Gasteiger partial charge in [0.25, 0.3) is 11.8 Å². The molecule has 0 fully saturated rings. The number of amides is 2. The van der Waals surface area contributed by atoms with Crippen LogP contribution in [-0.4, -0.2) is 11.8 Å². The summed E-state index contributed by atoms with van der Waals surface area (Å²) in [4.78, 5) is 23.0. The lowest BCUT2D eigenvalue weighted by Crippen LogP contribution is -2.16. The van der Waals surface area contributed by atoms with E-state index in [1.54, 1.807) is 35.7 Å². The minimum Gasteiger partial charge on any atom is -0.399 e. The van der Waals surface area contributed by atoms with Gasteiger partial charge in [-0.2, -0.15) is 0 Å². The molecule has 0 saturated heterocycles. The number of nitrogens with two attached hydrogens (primary N) is 2. The maximum Gasteiger partial charge on any atom is 0.256 e. The van der Waals surface area contributed by atoms with Crippen molar-refractivity contribution in [3.8, 4) is 0 Å². The number of anilines is 2. The fourth-order valence-electron chi connectivity index (χ4n) is 1.41. The number of rotatable bonds is 3. The van der Waals surface area contributed by atoms with Crippen molar-refractivity contribution in [1.29, 1.82) is 0 Å². The van der Waals surface area contributed by atoms with Crippen molar-refractivity contribution in [2.24, 2.45) is 5.73 Å². The quantitative estimate of drug-likeness (QED) is 0.733. The molecule has 1 aromatic heterocycles. The van der Waals surface area contributed by atoms with Gasteiger partial charge in [-0.05, 0) is 35.7 Å². The second-order valence-corrected chi connectivity index (χ2v) is 4.52. The maximum absolute atomic E-state index is 11.9. The van der Waals surface area contributed by atoms with Gasteiger partial charge in [0, 0.05) is 11.3 Å². The number of hydrogen-bond donors (Lipinski definition) is 3. The minimum atomic E-state index is -0.566. The smallest absolute Gasteiger partial charge is 0.256 e. The molecule has 92 valence electrons. The Labute approximate surface area is 107 Å². The second kappa shape index (κ2) is 4.89. The summed E-state index contributed by atoms with van der Waals surface area (Å²) in [5.74, 6) is -0.871. The largest absolute Gasteiger partial charge is 0.399 e. The highest BCUT2D eigenvalue weighted by molar-refractivity contribution is 7.14. The molecule has 2 rings (SSSR count). The Morgan fingerprint density at radius 3 is 2.39 bits per heavy atom. The average molecular weight is 261 g/mol. The predicted octanol–water partition coefficient (Wildman–Crippen LogP) is 1.68. The molecular formula is C12H11N3O2S. The monoisotopic (exact) mass is 261 g/mol. The lowest BCUT2D eigenvalue weighted by molar-refractivity contribution is 0.100. The lowest BCUT2D eigenvalue weighted by atomic mass is 10.2. The highest BCUT2D eigenvalue weighted by Gasteiger charge is 2.13. The molecule has 0 aliphatic carbocycles. The van der Waals surface area contributed by atoms with Crippen LogP contribution in [0.5, 0.6) is 0 Å². The van der Waals surface area contributed by atoms with E-state index in [1.807, 2.05) is 0 Å². The molecule has 1 aromatic carbocycles. The van der Waals surface area contributed by atoms with Gasteiger partial charge in [0.1, 0.15) is 5.00 Å². The Bertz CT molecular complexity index is 590. The van der Waals surface area contributed by atoms with Crippen LogP contribution < -0.4 is 16.8 Å². The summed E-state index contributed by atoms with van der Waals surface area (Å²) in [5.41, 5.74) is 12.1. The van der Waals surface area contributed by atoms with E-state index in [0.717, 1.165) is 0 Å². The molecule has 0 unspecified atom stereocenters. The Morgan fingerprint density at radius 2 is 1.78 bits per heavy atom. The number of benzene rings is 1. The first-order valence-electron chi connectivity index (χ1n) is 5.12. The van der Waals surface area contributed by atoms with Gasteiger partial charge in [0.15, 0.2) is 0 Å². The van der Waals surface area contributed by atoms with Crippen molar-refractivity contribution in [2.75, 3.05) is 11.1 Å². The Hall–Kier alpha value is -2.34. The van der Waals surface area contributed by atoms with E-state index < -0.39 is 5.91 Å². The van der Waals surface area contributed by atoms with Gasteiger partial charge in [-0.3, -0.25) is 9.59 Å². The Balaban J connectivity index is 2.19. The van der Waals surface area contributed by atoms with E-state index in [-0.39, 0.29) is 5.91 Å². The van der Waals surface area contributed by atoms with Crippen molar-refractivity contribution in [3.63, 3.8) is 0 Å². The topological polar surface area (TPSA) is 98.2 Å². The zero-order valence-corrected chi connectivity index (χ0v) is 10.2. The van der Waals surface area contributed by atoms with Crippen LogP contribution >= 0.6 is 11.3 Å². The average Bonchev–Trinajstić information content (AvgIpc) is 2.78. The number of thiophene rings is 1. The number of primary amides is 1. The molecule has 0 atom stereocenters. The van der Waals surface area contributed by atoms with Gasteiger partial charge in [-0.15, -0.1) is 11.3 Å². The zero-order chi connectivity index (χ0) is 13.1. The summed E-state index contributed by atoms with van der Waals surface area (Å²) in [6, 6.07) is 8.08. The number of carbonyl (C=O) groups excluding carboxylic acids is 2. The van der Waals surface area contributed by atoms with E-state index in [1.165, 1.54) is 11.3 Å². The summed E-state index contributed by atoms with van der Waals surface area (Å²) in [7, 11) is 0. The third kappa shape index (κ3) is 2.49. The first kappa shape index (κ1) is 12.1. The summed E-state index contributed by atoms with van der Waals surface area (Å²) in [6.45, 7) is 0. The molecule has 6 heteroatoms. The van der Waals surface area contributed by atoms with Gasteiger partial charge in [-0.1, -0.05) is 0 Å². The molecule has 2 aromatic rings. The van der Waals surface area contributed by atoms with Gasteiger partial charge in [-0.25, -0.2) is 0 Å². The molecule has 0 radical (unpaired) electrons. The molecule has 0 aliphatic heterocycles. The normalized spacial score (nSPS) is 10.0. The fourth-order valence-corrected chi connectivity index (χ4v) is 2.20. The zero-order valence-electron chi connectivity index (χ0n) is 9.34. The molecule has 5 nitrogen and oxygen atoms in total. The van der Waals surface area contributed by atoms with E-state index in [4.69, 9.17) is 11.5 Å². The van der Waals surface area contributed by atoms with E-state index in [0.29, 0.717) is 21.8 Å². The highest BCUT2D eigenvalue weighted by atomic mass is 32.1. The van der Waals surface area contributed by atoms with Crippen LogP contribution in [0, 0.1) is 0 Å². The Morgan fingerprint density at radius 1 is 1.11 bits per heavy atom. The van der Waals surface area contributed by atoms with Gasteiger partial charge in [0.05, 0.1) is 5.56 Å². The third-order valence-electron chi connectivity index (χ3n) is 2.33. The van der Waals surface area contributed by atoms with Crippen LogP contribution in [0.25, 0.3) is 0 Å². The van der Waals surface area contributed by atoms with Crippen molar-refractivity contribution in [1.82, 2.24) is 0 Å². The van der Waals surface area contributed by atoms with Crippen LogP contribution in [0.4, 0.5) is 10.7 Å². The SMILES string of the molecule is NC(=O)c1ccsc1NC(=O)c1ccc(N)cc1. The number of nitrogen functional groups attached to an aromatic ring is 1. The van der Waals surface area contributed by atoms with Gasteiger partial charge in [0.2, 0.25) is 0 Å². The van der Waals surface area contributed by atoms with Crippen LogP contribution in [0.1, 0.15) is 20.7 Å². The molecular weight excluding hydrogens is 250 g/mol. The van der Waals surface area contributed by atoms with E-state index in [2.05, 4.69) is 5.32 Å². The van der Waals surface area contributed by atoms with Crippen molar-refractivity contribution >= 4 is 33.8 Å². The summed E-state index contributed by atoms with van der Waals surface area (Å²) in [6.07, 6.45) is 0. The predicted molar refractivity (Wildman–Crippen MR) is 71.6 cm³/mol. The number of carbonyl (C=O) groups is 2.